The van der Waals surface area contributed by atoms with Crippen LogP contribution in [0.2, 0.25) is 0 Å². The van der Waals surface area contributed by atoms with Gasteiger partial charge < -0.3 is 19.4 Å². The fraction of sp³-hybridized carbons (Fsp3) is 0.929. The second-order valence-corrected chi connectivity index (χ2v) is 5.84. The second-order valence-electron chi connectivity index (χ2n) is 5.84. The van der Waals surface area contributed by atoms with Crippen LogP contribution in [0.4, 0.5) is 0 Å². The highest BCUT2D eigenvalue weighted by molar-refractivity contribution is 5.50. The van der Waals surface area contributed by atoms with E-state index in [1.807, 2.05) is 0 Å². The minimum absolute atomic E-state index is 0.0380. The van der Waals surface area contributed by atoms with E-state index in [4.69, 9.17) is 9.47 Å². The molecular formula is C14H24O4. The fourth-order valence-electron chi connectivity index (χ4n) is 3.03. The minimum atomic E-state index is -0.555. The Morgan fingerprint density at radius 3 is 2.28 bits per heavy atom. The zero-order valence-corrected chi connectivity index (χ0v) is 11.3. The van der Waals surface area contributed by atoms with Gasteiger partial charge in [-0.05, 0) is 24.7 Å². The molecule has 0 aliphatic carbocycles. The van der Waals surface area contributed by atoms with Crippen molar-refractivity contribution in [1.29, 1.82) is 0 Å². The molecule has 4 nitrogen and oxygen atoms in total. The van der Waals surface area contributed by atoms with Gasteiger partial charge in [-0.2, -0.15) is 0 Å². The highest BCUT2D eigenvalue weighted by Crippen LogP contribution is 2.42. The van der Waals surface area contributed by atoms with E-state index < -0.39 is 5.79 Å². The van der Waals surface area contributed by atoms with Crippen LogP contribution in [0.25, 0.3) is 0 Å². The zero-order chi connectivity index (χ0) is 13.2. The molecule has 0 radical (unpaired) electrons. The molecule has 1 N–H and O–H groups in total. The van der Waals surface area contributed by atoms with Crippen molar-refractivity contribution in [1.82, 2.24) is 0 Å². The molecule has 0 unspecified atom stereocenters. The van der Waals surface area contributed by atoms with Crippen LogP contribution in [0, 0.1) is 11.8 Å². The smallest absolute Gasteiger partial charge is 0.169 e. The summed E-state index contributed by atoms with van der Waals surface area (Å²) in [6.07, 6.45) is 4.95. The third-order valence-electron chi connectivity index (χ3n) is 4.47. The summed E-state index contributed by atoms with van der Waals surface area (Å²) in [7, 11) is 0. The topological polar surface area (TPSA) is 55.8 Å². The van der Waals surface area contributed by atoms with Gasteiger partial charge in [0.2, 0.25) is 0 Å². The maximum absolute atomic E-state index is 10.7. The second kappa shape index (κ2) is 5.68. The Labute approximate surface area is 109 Å². The molecule has 2 rings (SSSR count). The predicted octanol–water partition coefficient (Wildman–Crippen LogP) is 1.89. The molecule has 0 amide bonds. The summed E-state index contributed by atoms with van der Waals surface area (Å²) in [5, 5.41) is 9.36. The number of hydrogen-bond donors (Lipinski definition) is 1. The molecule has 0 saturated carbocycles. The van der Waals surface area contributed by atoms with Crippen molar-refractivity contribution < 1.29 is 19.4 Å². The van der Waals surface area contributed by atoms with Crippen LogP contribution in [0.15, 0.2) is 0 Å². The quantitative estimate of drug-likeness (QED) is 0.783. The first-order valence-corrected chi connectivity index (χ1v) is 7.00. The third-order valence-corrected chi connectivity index (χ3v) is 4.47. The number of aliphatic hydroxyl groups is 1. The average molecular weight is 256 g/mol. The van der Waals surface area contributed by atoms with Crippen molar-refractivity contribution in [3.8, 4) is 0 Å². The maximum atomic E-state index is 10.7. The van der Waals surface area contributed by atoms with E-state index in [-0.39, 0.29) is 18.8 Å². The van der Waals surface area contributed by atoms with E-state index >= 15 is 0 Å². The lowest BCUT2D eigenvalue weighted by atomic mass is 9.84. The van der Waals surface area contributed by atoms with Crippen LogP contribution < -0.4 is 0 Å². The van der Waals surface area contributed by atoms with Crippen LogP contribution in [-0.2, 0) is 14.3 Å². The van der Waals surface area contributed by atoms with Crippen LogP contribution in [-0.4, -0.2) is 36.0 Å². The van der Waals surface area contributed by atoms with Crippen molar-refractivity contribution in [2.45, 2.75) is 63.9 Å². The highest BCUT2D eigenvalue weighted by atomic mass is 16.7. The monoisotopic (exact) mass is 256 g/mol. The number of hydrogen-bond acceptors (Lipinski definition) is 4. The predicted molar refractivity (Wildman–Crippen MR) is 67.0 cm³/mol. The Balaban J connectivity index is 2.04. The molecule has 4 heteroatoms. The van der Waals surface area contributed by atoms with Crippen molar-refractivity contribution >= 4 is 6.29 Å². The van der Waals surface area contributed by atoms with Crippen molar-refractivity contribution in [3.63, 3.8) is 0 Å². The summed E-state index contributed by atoms with van der Waals surface area (Å²) < 4.78 is 12.1. The summed E-state index contributed by atoms with van der Waals surface area (Å²) in [4.78, 5) is 10.7. The lowest BCUT2D eigenvalue weighted by molar-refractivity contribution is -0.333. The molecule has 2 aliphatic rings. The molecule has 0 aromatic carbocycles. The van der Waals surface area contributed by atoms with Gasteiger partial charge in [-0.3, -0.25) is 0 Å². The van der Waals surface area contributed by atoms with Gasteiger partial charge in [-0.25, -0.2) is 0 Å². The van der Waals surface area contributed by atoms with Crippen LogP contribution >= 0.6 is 0 Å². The minimum Gasteiger partial charge on any atom is -0.394 e. The number of aldehydes is 1. The van der Waals surface area contributed by atoms with Gasteiger partial charge in [-0.1, -0.05) is 13.8 Å². The van der Waals surface area contributed by atoms with Gasteiger partial charge in [0.05, 0.1) is 18.8 Å². The zero-order valence-electron chi connectivity index (χ0n) is 11.3. The standard InChI is InChI=1S/C14H24O4/c1-10-3-6-14(17-12(10)5-8-15)7-4-11(2)13(9-16)18-14/h8,10-13,16H,3-7,9H2,1-2H3/t10-,11-,12+,13-,14-/m0/s1. The molecule has 1 spiro atoms. The highest BCUT2D eigenvalue weighted by Gasteiger charge is 2.46. The number of ether oxygens (including phenoxy) is 2. The summed E-state index contributed by atoms with van der Waals surface area (Å²) in [5.74, 6) is 0.213. The maximum Gasteiger partial charge on any atom is 0.169 e. The van der Waals surface area contributed by atoms with E-state index in [9.17, 15) is 9.90 Å². The molecule has 5 atom stereocenters. The first-order valence-electron chi connectivity index (χ1n) is 7.00. The summed E-state index contributed by atoms with van der Waals surface area (Å²) in [5.41, 5.74) is 0. The Hall–Kier alpha value is -0.450. The van der Waals surface area contributed by atoms with E-state index in [2.05, 4.69) is 13.8 Å². The summed E-state index contributed by atoms with van der Waals surface area (Å²) in [6.45, 7) is 4.26. The van der Waals surface area contributed by atoms with E-state index in [1.165, 1.54) is 0 Å². The van der Waals surface area contributed by atoms with Crippen molar-refractivity contribution in [2.24, 2.45) is 11.8 Å². The van der Waals surface area contributed by atoms with Gasteiger partial charge in [0.25, 0.3) is 0 Å². The number of rotatable bonds is 3. The average Bonchev–Trinajstić information content (AvgIpc) is 2.38. The van der Waals surface area contributed by atoms with Gasteiger partial charge in [0.15, 0.2) is 5.79 Å². The number of carbonyl (C=O) groups excluding carboxylic acids is 1. The van der Waals surface area contributed by atoms with Gasteiger partial charge in [0.1, 0.15) is 6.29 Å². The molecular weight excluding hydrogens is 232 g/mol. The van der Waals surface area contributed by atoms with Gasteiger partial charge in [0, 0.05) is 19.3 Å². The first-order chi connectivity index (χ1) is 8.60. The Bertz CT molecular complexity index is 290. The summed E-state index contributed by atoms with van der Waals surface area (Å²) >= 11 is 0. The van der Waals surface area contributed by atoms with Crippen molar-refractivity contribution in [2.75, 3.05) is 6.61 Å². The molecule has 2 fully saturated rings. The van der Waals surface area contributed by atoms with Crippen LogP contribution in [0.5, 0.6) is 0 Å². The molecule has 104 valence electrons. The fourth-order valence-corrected chi connectivity index (χ4v) is 3.03. The van der Waals surface area contributed by atoms with E-state index in [0.29, 0.717) is 18.3 Å². The Kier molecular flexibility index (Phi) is 4.41. The molecule has 0 aromatic heterocycles. The first kappa shape index (κ1) is 14.0. The third kappa shape index (κ3) is 2.76. The largest absolute Gasteiger partial charge is 0.394 e. The summed E-state index contributed by atoms with van der Waals surface area (Å²) in [6, 6.07) is 0. The van der Waals surface area contributed by atoms with Gasteiger partial charge >= 0.3 is 0 Å². The van der Waals surface area contributed by atoms with Gasteiger partial charge in [-0.15, -0.1) is 0 Å². The van der Waals surface area contributed by atoms with E-state index in [0.717, 1.165) is 32.0 Å². The van der Waals surface area contributed by atoms with Crippen LogP contribution in [0.3, 0.4) is 0 Å². The lowest BCUT2D eigenvalue weighted by Gasteiger charge is -2.49. The molecule has 18 heavy (non-hydrogen) atoms. The SMILES string of the molecule is C[C@H]1CC[C@]2(CC[C@H](C)[C@@H](CC=O)O2)O[C@H]1CO. The number of carbonyl (C=O) groups is 1. The number of aliphatic hydroxyl groups excluding tert-OH is 1. The molecule has 2 aliphatic heterocycles. The molecule has 2 saturated heterocycles. The Morgan fingerprint density at radius 1 is 1.17 bits per heavy atom. The van der Waals surface area contributed by atoms with Crippen molar-refractivity contribution in [3.05, 3.63) is 0 Å². The van der Waals surface area contributed by atoms with E-state index in [1.54, 1.807) is 0 Å². The van der Waals surface area contributed by atoms with Crippen LogP contribution in [0.1, 0.15) is 46.0 Å². The lowest BCUT2D eigenvalue weighted by Crippen LogP contribution is -2.52. The molecule has 0 aromatic rings. The molecule has 0 bridgehead atoms. The molecule has 2 heterocycles. The Morgan fingerprint density at radius 2 is 1.72 bits per heavy atom. The normalized spacial score (nSPS) is 45.1.